The summed E-state index contributed by atoms with van der Waals surface area (Å²) in [6, 6.07) is 19.0. The summed E-state index contributed by atoms with van der Waals surface area (Å²) < 4.78 is 2.22. The van der Waals surface area contributed by atoms with E-state index in [1.807, 2.05) is 17.8 Å². The Morgan fingerprint density at radius 3 is 2.70 bits per heavy atom. The third-order valence-corrected chi connectivity index (χ3v) is 5.93. The minimum Gasteiger partial charge on any atom is -0.363 e. The molecule has 1 aromatic heterocycles. The van der Waals surface area contributed by atoms with Gasteiger partial charge in [-0.3, -0.25) is 4.99 Å². The fraction of sp³-hybridized carbons (Fsp3) is 0.261. The predicted molar refractivity (Wildman–Crippen MR) is 118 cm³/mol. The molecule has 4 rings (SSSR count). The normalized spacial score (nSPS) is 16.2. The van der Waals surface area contributed by atoms with Gasteiger partial charge in [0.15, 0.2) is 0 Å². The second kappa shape index (κ2) is 8.49. The molecule has 0 atom stereocenters. The van der Waals surface area contributed by atoms with Gasteiger partial charge in [0.25, 0.3) is 0 Å². The molecule has 4 heteroatoms. The van der Waals surface area contributed by atoms with Crippen LogP contribution in [0.5, 0.6) is 0 Å². The second-order valence-electron chi connectivity index (χ2n) is 6.82. The van der Waals surface area contributed by atoms with Crippen molar-refractivity contribution in [2.45, 2.75) is 17.7 Å². The van der Waals surface area contributed by atoms with E-state index < -0.39 is 0 Å². The minimum absolute atomic E-state index is 0.879. The fourth-order valence-electron chi connectivity index (χ4n) is 3.47. The highest BCUT2D eigenvalue weighted by Gasteiger charge is 2.13. The van der Waals surface area contributed by atoms with Crippen LogP contribution in [-0.4, -0.2) is 41.2 Å². The fourth-order valence-corrected chi connectivity index (χ4v) is 4.38. The summed E-state index contributed by atoms with van der Waals surface area (Å²) in [5, 5.41) is 1.31. The smallest absolute Gasteiger partial charge is 0.0987 e. The Kier molecular flexibility index (Phi) is 5.64. The van der Waals surface area contributed by atoms with Gasteiger partial charge >= 0.3 is 0 Å². The Morgan fingerprint density at radius 1 is 1.07 bits per heavy atom. The number of thioether (sulfide) groups is 1. The molecule has 0 amide bonds. The first-order chi connectivity index (χ1) is 13.3. The number of hydrogen-bond donors (Lipinski definition) is 0. The molecule has 0 saturated carbocycles. The number of aliphatic imine (C=N–C) groups is 1. The van der Waals surface area contributed by atoms with Crippen molar-refractivity contribution in [1.29, 1.82) is 0 Å². The molecule has 2 heterocycles. The molecule has 138 valence electrons. The molecule has 1 fully saturated rings. The van der Waals surface area contributed by atoms with Gasteiger partial charge in [0, 0.05) is 48.4 Å². The van der Waals surface area contributed by atoms with Crippen LogP contribution in [0.1, 0.15) is 18.4 Å². The lowest BCUT2D eigenvalue weighted by atomic mass is 10.2. The number of benzene rings is 2. The Balaban J connectivity index is 1.49. The van der Waals surface area contributed by atoms with Crippen molar-refractivity contribution in [2.75, 3.05) is 25.9 Å². The number of para-hydroxylation sites is 1. The number of nitrogens with zero attached hydrogens (tertiary/aromatic N) is 3. The van der Waals surface area contributed by atoms with Crippen LogP contribution >= 0.6 is 11.8 Å². The third-order valence-electron chi connectivity index (χ3n) is 4.91. The van der Waals surface area contributed by atoms with Gasteiger partial charge in [0.2, 0.25) is 0 Å². The molecule has 0 aliphatic carbocycles. The standard InChI is InChI=1S/C23H25N3S/c1-25-15-7-12-23(25)24-14-17-27-22-18-26(21-11-6-5-10-20(21)22)16-13-19-8-3-2-4-9-19/h2-6,8-11,13,16,18H,7,12,14-15,17H2,1H3/b16-13+,24-23?. The highest BCUT2D eigenvalue weighted by Crippen LogP contribution is 2.30. The Bertz CT molecular complexity index is 956. The number of aromatic nitrogens is 1. The summed E-state index contributed by atoms with van der Waals surface area (Å²) in [6.45, 7) is 2.02. The lowest BCUT2D eigenvalue weighted by Crippen LogP contribution is -2.19. The predicted octanol–water partition coefficient (Wildman–Crippen LogP) is 5.49. The van der Waals surface area contributed by atoms with Gasteiger partial charge in [0.1, 0.15) is 0 Å². The van der Waals surface area contributed by atoms with Crippen LogP contribution in [0.2, 0.25) is 0 Å². The van der Waals surface area contributed by atoms with Crippen molar-refractivity contribution >= 4 is 40.8 Å². The largest absolute Gasteiger partial charge is 0.363 e. The average Bonchev–Trinajstić information content (AvgIpc) is 3.28. The van der Waals surface area contributed by atoms with Crippen molar-refractivity contribution in [3.05, 3.63) is 66.4 Å². The van der Waals surface area contributed by atoms with Crippen LogP contribution in [0.4, 0.5) is 0 Å². The molecular formula is C23H25N3S. The summed E-state index contributed by atoms with van der Waals surface area (Å²) in [6.07, 6.45) is 8.91. The Hall–Kier alpha value is -2.46. The maximum atomic E-state index is 4.78. The van der Waals surface area contributed by atoms with Crippen LogP contribution in [0, 0.1) is 0 Å². The molecule has 0 N–H and O–H groups in total. The molecule has 3 aromatic rings. The lowest BCUT2D eigenvalue weighted by Gasteiger charge is -2.10. The van der Waals surface area contributed by atoms with Crippen LogP contribution in [0.3, 0.4) is 0 Å². The number of likely N-dealkylation sites (tertiary alicyclic amines) is 1. The molecule has 1 aliphatic heterocycles. The van der Waals surface area contributed by atoms with E-state index in [1.165, 1.54) is 33.6 Å². The molecule has 2 aromatic carbocycles. The first kappa shape index (κ1) is 17.9. The van der Waals surface area contributed by atoms with Gasteiger partial charge in [-0.2, -0.15) is 0 Å². The van der Waals surface area contributed by atoms with E-state index in [2.05, 4.69) is 83.5 Å². The van der Waals surface area contributed by atoms with E-state index in [0.29, 0.717) is 0 Å². The molecule has 3 nitrogen and oxygen atoms in total. The maximum absolute atomic E-state index is 4.78. The van der Waals surface area contributed by atoms with Crippen LogP contribution < -0.4 is 0 Å². The Labute approximate surface area is 165 Å². The molecule has 0 radical (unpaired) electrons. The Morgan fingerprint density at radius 2 is 1.89 bits per heavy atom. The number of rotatable bonds is 6. The highest BCUT2D eigenvalue weighted by atomic mass is 32.2. The molecule has 27 heavy (non-hydrogen) atoms. The SMILES string of the molecule is CN1CCCC1=NCCSc1cn(/C=C/c2ccccc2)c2ccccc12. The summed E-state index contributed by atoms with van der Waals surface area (Å²) in [7, 11) is 2.14. The van der Waals surface area contributed by atoms with E-state index in [1.54, 1.807) is 0 Å². The van der Waals surface area contributed by atoms with Crippen LogP contribution in [-0.2, 0) is 0 Å². The van der Waals surface area contributed by atoms with Crippen molar-refractivity contribution in [3.8, 4) is 0 Å². The van der Waals surface area contributed by atoms with Gasteiger partial charge in [-0.05, 0) is 24.1 Å². The minimum atomic E-state index is 0.879. The van der Waals surface area contributed by atoms with E-state index in [4.69, 9.17) is 4.99 Å². The summed E-state index contributed by atoms with van der Waals surface area (Å²) in [5.41, 5.74) is 2.45. The summed E-state index contributed by atoms with van der Waals surface area (Å²) in [4.78, 5) is 8.39. The van der Waals surface area contributed by atoms with Crippen molar-refractivity contribution < 1.29 is 0 Å². The zero-order valence-corrected chi connectivity index (χ0v) is 16.5. The average molecular weight is 376 g/mol. The molecule has 0 bridgehead atoms. The molecular weight excluding hydrogens is 350 g/mol. The van der Waals surface area contributed by atoms with Gasteiger partial charge in [0.05, 0.1) is 17.9 Å². The number of fused-ring (bicyclic) bond motifs is 1. The van der Waals surface area contributed by atoms with Gasteiger partial charge < -0.3 is 9.47 Å². The zero-order valence-electron chi connectivity index (χ0n) is 15.7. The van der Waals surface area contributed by atoms with Crippen LogP contribution in [0.15, 0.2) is 70.7 Å². The van der Waals surface area contributed by atoms with Gasteiger partial charge in [-0.1, -0.05) is 48.5 Å². The van der Waals surface area contributed by atoms with E-state index >= 15 is 0 Å². The second-order valence-corrected chi connectivity index (χ2v) is 7.95. The van der Waals surface area contributed by atoms with E-state index in [0.717, 1.165) is 25.3 Å². The topological polar surface area (TPSA) is 20.5 Å². The van der Waals surface area contributed by atoms with E-state index in [9.17, 15) is 0 Å². The van der Waals surface area contributed by atoms with Crippen molar-refractivity contribution in [1.82, 2.24) is 9.47 Å². The molecule has 0 unspecified atom stereocenters. The van der Waals surface area contributed by atoms with Gasteiger partial charge in [-0.15, -0.1) is 11.8 Å². The molecule has 1 aliphatic rings. The zero-order chi connectivity index (χ0) is 18.5. The van der Waals surface area contributed by atoms with Gasteiger partial charge in [-0.25, -0.2) is 0 Å². The molecule has 0 spiro atoms. The third kappa shape index (κ3) is 4.28. The first-order valence-corrected chi connectivity index (χ1v) is 10.5. The summed E-state index contributed by atoms with van der Waals surface area (Å²) >= 11 is 1.90. The van der Waals surface area contributed by atoms with E-state index in [-0.39, 0.29) is 0 Å². The van der Waals surface area contributed by atoms with Crippen molar-refractivity contribution in [3.63, 3.8) is 0 Å². The maximum Gasteiger partial charge on any atom is 0.0987 e. The monoisotopic (exact) mass is 375 g/mol. The quantitative estimate of drug-likeness (QED) is 0.420. The first-order valence-electron chi connectivity index (χ1n) is 9.51. The highest BCUT2D eigenvalue weighted by molar-refractivity contribution is 7.99. The summed E-state index contributed by atoms with van der Waals surface area (Å²) in [5.74, 6) is 2.28. The molecule has 1 saturated heterocycles. The van der Waals surface area contributed by atoms with Crippen molar-refractivity contribution in [2.24, 2.45) is 4.99 Å². The number of amidine groups is 1. The lowest BCUT2D eigenvalue weighted by molar-refractivity contribution is 0.548. The van der Waals surface area contributed by atoms with Crippen LogP contribution in [0.25, 0.3) is 23.2 Å². The number of hydrogen-bond acceptors (Lipinski definition) is 2.